The van der Waals surface area contributed by atoms with Crippen LogP contribution in [0.4, 0.5) is 29.3 Å². The highest BCUT2D eigenvalue weighted by Crippen LogP contribution is 2.40. The Morgan fingerprint density at radius 1 is 1.17 bits per heavy atom. The van der Waals surface area contributed by atoms with Gasteiger partial charge in [-0.25, -0.2) is 14.3 Å². The topological polar surface area (TPSA) is 83.3 Å². The molecule has 2 amide bonds. The van der Waals surface area contributed by atoms with Crippen molar-refractivity contribution in [2.75, 3.05) is 31.6 Å². The number of aromatic nitrogens is 3. The quantitative estimate of drug-likeness (QED) is 0.345. The zero-order chi connectivity index (χ0) is 30.4. The fraction of sp³-hybridized carbons (Fsp3) is 0.517. The Kier molecular flexibility index (Phi) is 8.04. The number of alkyl halides is 3. The number of nitrogens with zero attached hydrogens (tertiary/aromatic N) is 6. The van der Waals surface area contributed by atoms with Crippen LogP contribution in [0.25, 0.3) is 5.65 Å². The summed E-state index contributed by atoms with van der Waals surface area (Å²) in [4.78, 5) is 34.2. The molecule has 4 heterocycles. The third kappa shape index (κ3) is 6.28. The summed E-state index contributed by atoms with van der Waals surface area (Å²) < 4.78 is 50.2. The van der Waals surface area contributed by atoms with E-state index in [0.29, 0.717) is 36.0 Å². The first-order valence-corrected chi connectivity index (χ1v) is 14.3. The number of hydrogen-bond acceptors (Lipinski definition) is 6. The van der Waals surface area contributed by atoms with E-state index in [2.05, 4.69) is 10.1 Å². The van der Waals surface area contributed by atoms with Gasteiger partial charge in [0.2, 0.25) is 5.91 Å². The molecule has 0 aliphatic carbocycles. The molecule has 2 atom stereocenters. The van der Waals surface area contributed by atoms with E-state index in [1.54, 1.807) is 49.7 Å². The number of carbonyl (C=O) groups is 2. The standard InChI is InChI=1S/C29H34ClF3N6O3/c1-28(2,3)42-27(41)37-13-11-18(17-37)14-25(40)36(4)26(29(31,32)33)19-7-9-20(10-8-19)38-12-5-6-21-22(38)16-34-24-15-23(30)35-39(21)24/h7-10,15-16,18,26H,5-6,11-14,17H2,1-4H3/t18?,26-/m0/s1. The molecule has 0 bridgehead atoms. The maximum absolute atomic E-state index is 14.4. The third-order valence-corrected chi connectivity index (χ3v) is 7.81. The molecule has 0 radical (unpaired) electrons. The highest BCUT2D eigenvalue weighted by atomic mass is 35.5. The molecule has 2 aliphatic heterocycles. The lowest BCUT2D eigenvalue weighted by molar-refractivity contribution is -0.189. The summed E-state index contributed by atoms with van der Waals surface area (Å²) in [5, 5.41) is 4.66. The van der Waals surface area contributed by atoms with Crippen LogP contribution in [0.3, 0.4) is 0 Å². The van der Waals surface area contributed by atoms with Gasteiger partial charge < -0.3 is 19.4 Å². The smallest absolute Gasteiger partial charge is 0.413 e. The van der Waals surface area contributed by atoms with E-state index in [9.17, 15) is 22.8 Å². The van der Waals surface area contributed by atoms with Gasteiger partial charge in [0, 0.05) is 44.9 Å². The molecule has 1 aromatic carbocycles. The van der Waals surface area contributed by atoms with Gasteiger partial charge in [0.15, 0.2) is 16.8 Å². The van der Waals surface area contributed by atoms with Gasteiger partial charge in [0.25, 0.3) is 0 Å². The molecular formula is C29H34ClF3N6O3. The lowest BCUT2D eigenvalue weighted by Crippen LogP contribution is -2.40. The molecule has 2 aromatic heterocycles. The van der Waals surface area contributed by atoms with Gasteiger partial charge in [-0.05, 0) is 63.6 Å². The summed E-state index contributed by atoms with van der Waals surface area (Å²) in [5.41, 5.74) is 2.40. The number of halogens is 4. The Morgan fingerprint density at radius 2 is 1.88 bits per heavy atom. The molecule has 9 nitrogen and oxygen atoms in total. The summed E-state index contributed by atoms with van der Waals surface area (Å²) in [6.07, 6.45) is -1.42. The average molecular weight is 607 g/mol. The number of hydrogen-bond donors (Lipinski definition) is 0. The molecule has 1 unspecified atom stereocenters. The Bertz CT molecular complexity index is 1470. The Hall–Kier alpha value is -3.54. The molecule has 0 saturated carbocycles. The maximum Gasteiger partial charge on any atom is 0.413 e. The number of benzene rings is 1. The van der Waals surface area contributed by atoms with Crippen LogP contribution in [0.2, 0.25) is 5.15 Å². The molecule has 0 N–H and O–H groups in total. The lowest BCUT2D eigenvalue weighted by Gasteiger charge is -2.33. The second-order valence-corrected chi connectivity index (χ2v) is 12.3. The monoisotopic (exact) mass is 606 g/mol. The first-order valence-electron chi connectivity index (χ1n) is 13.9. The average Bonchev–Trinajstić information content (AvgIpc) is 3.53. The summed E-state index contributed by atoms with van der Waals surface area (Å²) in [7, 11) is 1.18. The van der Waals surface area contributed by atoms with Crippen molar-refractivity contribution < 1.29 is 27.5 Å². The molecule has 13 heteroatoms. The van der Waals surface area contributed by atoms with Crippen molar-refractivity contribution in [1.29, 1.82) is 0 Å². The minimum absolute atomic E-state index is 0.0337. The largest absolute Gasteiger partial charge is 0.444 e. The fourth-order valence-corrected chi connectivity index (χ4v) is 5.87. The first kappa shape index (κ1) is 29.9. The van der Waals surface area contributed by atoms with Crippen LogP contribution in [0, 0.1) is 5.92 Å². The molecule has 226 valence electrons. The number of anilines is 2. The lowest BCUT2D eigenvalue weighted by atomic mass is 10.0. The molecule has 42 heavy (non-hydrogen) atoms. The molecule has 1 fully saturated rings. The van der Waals surface area contributed by atoms with E-state index in [0.717, 1.165) is 29.1 Å². The van der Waals surface area contributed by atoms with Gasteiger partial charge >= 0.3 is 12.3 Å². The number of likely N-dealkylation sites (tertiary alicyclic amines) is 1. The van der Waals surface area contributed by atoms with Crippen LogP contribution in [0.1, 0.15) is 57.3 Å². The highest BCUT2D eigenvalue weighted by Gasteiger charge is 2.45. The Labute approximate surface area is 247 Å². The predicted octanol–water partition coefficient (Wildman–Crippen LogP) is 6.18. The SMILES string of the molecule is CN(C(=O)CC1CCN(C(=O)OC(C)(C)C)C1)[C@@H](c1ccc(N2CCCc3c2cnc2cc(Cl)nn32)cc1)C(F)(F)F. The predicted molar refractivity (Wildman–Crippen MR) is 152 cm³/mol. The van der Waals surface area contributed by atoms with Crippen LogP contribution in [0.15, 0.2) is 36.5 Å². The van der Waals surface area contributed by atoms with Crippen LogP contribution in [0.5, 0.6) is 0 Å². The van der Waals surface area contributed by atoms with E-state index in [4.69, 9.17) is 16.3 Å². The van der Waals surface area contributed by atoms with Gasteiger partial charge in [0.05, 0.1) is 17.6 Å². The highest BCUT2D eigenvalue weighted by molar-refractivity contribution is 6.29. The van der Waals surface area contributed by atoms with E-state index in [1.807, 2.05) is 4.90 Å². The van der Waals surface area contributed by atoms with Gasteiger partial charge in [-0.15, -0.1) is 0 Å². The van der Waals surface area contributed by atoms with Crippen molar-refractivity contribution in [2.45, 2.75) is 64.3 Å². The molecule has 2 aliphatic rings. The third-order valence-electron chi connectivity index (χ3n) is 7.63. The minimum atomic E-state index is -4.68. The van der Waals surface area contributed by atoms with Crippen molar-refractivity contribution >= 4 is 40.6 Å². The van der Waals surface area contributed by atoms with Crippen LogP contribution >= 0.6 is 11.6 Å². The first-order chi connectivity index (χ1) is 19.7. The van der Waals surface area contributed by atoms with Gasteiger partial charge in [-0.2, -0.15) is 18.3 Å². The van der Waals surface area contributed by atoms with E-state index in [1.165, 1.54) is 24.1 Å². The molecule has 1 saturated heterocycles. The maximum atomic E-state index is 14.4. The normalized spacial score (nSPS) is 18.2. The second kappa shape index (κ2) is 11.3. The van der Waals surface area contributed by atoms with Gasteiger partial charge in [-0.1, -0.05) is 23.7 Å². The van der Waals surface area contributed by atoms with Crippen molar-refractivity contribution in [1.82, 2.24) is 24.4 Å². The molecule has 0 spiro atoms. The Balaban J connectivity index is 1.30. The number of fused-ring (bicyclic) bond motifs is 3. The number of ether oxygens (including phenoxy) is 1. The second-order valence-electron chi connectivity index (χ2n) is 11.9. The zero-order valence-electron chi connectivity index (χ0n) is 24.0. The minimum Gasteiger partial charge on any atom is -0.444 e. The van der Waals surface area contributed by atoms with Crippen LogP contribution in [-0.2, 0) is 16.0 Å². The summed E-state index contributed by atoms with van der Waals surface area (Å²) in [6, 6.07) is 5.68. The van der Waals surface area contributed by atoms with Crippen molar-refractivity contribution in [3.8, 4) is 0 Å². The molecule has 3 aromatic rings. The van der Waals surface area contributed by atoms with Crippen molar-refractivity contribution in [3.63, 3.8) is 0 Å². The van der Waals surface area contributed by atoms with Gasteiger partial charge in [-0.3, -0.25) is 4.79 Å². The van der Waals surface area contributed by atoms with Gasteiger partial charge in [0.1, 0.15) is 5.60 Å². The number of amides is 2. The van der Waals surface area contributed by atoms with Crippen LogP contribution < -0.4 is 4.90 Å². The number of aryl methyl sites for hydroxylation is 1. The number of carbonyl (C=O) groups excluding carboxylic acids is 2. The van der Waals surface area contributed by atoms with E-state index in [-0.39, 0.29) is 24.4 Å². The zero-order valence-corrected chi connectivity index (χ0v) is 24.7. The Morgan fingerprint density at radius 3 is 2.55 bits per heavy atom. The molecule has 5 rings (SSSR count). The van der Waals surface area contributed by atoms with E-state index < -0.39 is 29.8 Å². The van der Waals surface area contributed by atoms with E-state index >= 15 is 0 Å². The number of rotatable bonds is 5. The van der Waals surface area contributed by atoms with Crippen molar-refractivity contribution in [3.05, 3.63) is 52.9 Å². The van der Waals surface area contributed by atoms with Crippen molar-refractivity contribution in [2.24, 2.45) is 5.92 Å². The fourth-order valence-electron chi connectivity index (χ4n) is 5.69. The summed E-state index contributed by atoms with van der Waals surface area (Å²) >= 11 is 6.07. The van der Waals surface area contributed by atoms with Crippen LogP contribution in [-0.4, -0.2) is 74.9 Å². The molecular weight excluding hydrogens is 573 g/mol. The summed E-state index contributed by atoms with van der Waals surface area (Å²) in [5.74, 6) is -0.872. The summed E-state index contributed by atoms with van der Waals surface area (Å²) in [6.45, 7) is 6.61.